The van der Waals surface area contributed by atoms with Crippen LogP contribution in [0.1, 0.15) is 6.92 Å². The van der Waals surface area contributed by atoms with Crippen LogP contribution in [0.4, 0.5) is 0 Å². The summed E-state index contributed by atoms with van der Waals surface area (Å²) in [6.07, 6.45) is 0. The van der Waals surface area contributed by atoms with Crippen LogP contribution in [-0.4, -0.2) is 22.0 Å². The van der Waals surface area contributed by atoms with Gasteiger partial charge < -0.3 is 10.3 Å². The maximum absolute atomic E-state index is 12.1. The number of thiophene rings is 1. The van der Waals surface area contributed by atoms with E-state index >= 15 is 0 Å². The zero-order chi connectivity index (χ0) is 12.4. The fourth-order valence-electron chi connectivity index (χ4n) is 1.52. The fourth-order valence-corrected chi connectivity index (χ4v) is 2.60. The molecule has 5 nitrogen and oxygen atoms in total. The van der Waals surface area contributed by atoms with E-state index in [-0.39, 0.29) is 11.5 Å². The second-order valence-electron chi connectivity index (χ2n) is 3.53. The third-order valence-corrected chi connectivity index (χ3v) is 3.53. The van der Waals surface area contributed by atoms with Crippen LogP contribution in [0.5, 0.6) is 0 Å². The molecule has 0 bridgehead atoms. The second-order valence-corrected chi connectivity index (χ2v) is 4.84. The van der Waals surface area contributed by atoms with Crippen LogP contribution in [0.25, 0.3) is 10.2 Å². The topological polar surface area (TPSA) is 66.9 Å². The Morgan fingerprint density at radius 2 is 2.41 bits per heavy atom. The highest BCUT2D eigenvalue weighted by Crippen LogP contribution is 2.13. The van der Waals surface area contributed by atoms with Gasteiger partial charge in [0.2, 0.25) is 5.91 Å². The van der Waals surface area contributed by atoms with E-state index < -0.39 is 0 Å². The number of H-pyrrole nitrogens is 1. The summed E-state index contributed by atoms with van der Waals surface area (Å²) in [4.78, 5) is 25.8. The molecule has 2 aromatic rings. The molecule has 0 saturated heterocycles. The van der Waals surface area contributed by atoms with Gasteiger partial charge in [-0.2, -0.15) is 0 Å². The van der Waals surface area contributed by atoms with Crippen LogP contribution in [0, 0.1) is 4.77 Å². The van der Waals surface area contributed by atoms with Gasteiger partial charge >= 0.3 is 0 Å². The molecule has 0 saturated carbocycles. The molecule has 0 unspecified atom stereocenters. The zero-order valence-corrected chi connectivity index (χ0v) is 10.8. The van der Waals surface area contributed by atoms with Gasteiger partial charge in [0, 0.05) is 20.0 Å². The van der Waals surface area contributed by atoms with Crippen molar-refractivity contribution >= 4 is 39.7 Å². The molecule has 0 radical (unpaired) electrons. The number of carbonyl (C=O) groups excluding carboxylic acids is 1. The highest BCUT2D eigenvalue weighted by Gasteiger charge is 2.06. The third kappa shape index (κ3) is 2.45. The van der Waals surface area contributed by atoms with Crippen LogP contribution in [0.15, 0.2) is 16.2 Å². The first kappa shape index (κ1) is 12.0. The van der Waals surface area contributed by atoms with E-state index in [1.807, 2.05) is 11.4 Å². The van der Waals surface area contributed by atoms with Crippen molar-refractivity contribution in [2.24, 2.45) is 0 Å². The van der Waals surface area contributed by atoms with Gasteiger partial charge in [0.1, 0.15) is 4.70 Å². The van der Waals surface area contributed by atoms with Gasteiger partial charge in [-0.25, -0.2) is 0 Å². The maximum atomic E-state index is 12.1. The minimum Gasteiger partial charge on any atom is -0.355 e. The number of hydrogen-bond acceptors (Lipinski definition) is 4. The summed E-state index contributed by atoms with van der Waals surface area (Å²) in [6, 6.07) is 1.83. The number of rotatable bonds is 3. The average molecular weight is 269 g/mol. The van der Waals surface area contributed by atoms with Crippen molar-refractivity contribution < 1.29 is 4.79 Å². The lowest BCUT2D eigenvalue weighted by Gasteiger charge is -2.06. The number of nitrogens with one attached hydrogen (secondary N) is 2. The molecule has 90 valence electrons. The van der Waals surface area contributed by atoms with Crippen molar-refractivity contribution in [1.82, 2.24) is 14.9 Å². The predicted molar refractivity (Wildman–Crippen MR) is 70.0 cm³/mol. The molecule has 0 aliphatic carbocycles. The molecule has 2 aromatic heterocycles. The third-order valence-electron chi connectivity index (χ3n) is 2.30. The van der Waals surface area contributed by atoms with E-state index in [9.17, 15) is 9.59 Å². The first-order valence-corrected chi connectivity index (χ1v) is 6.33. The number of aromatic amines is 1. The van der Waals surface area contributed by atoms with Crippen molar-refractivity contribution in [1.29, 1.82) is 0 Å². The lowest BCUT2D eigenvalue weighted by molar-refractivity contribution is -0.118. The summed E-state index contributed by atoms with van der Waals surface area (Å²) >= 11 is 6.49. The molecule has 2 N–H and O–H groups in total. The Bertz CT molecular complexity index is 668. The molecule has 0 spiro atoms. The zero-order valence-electron chi connectivity index (χ0n) is 9.15. The van der Waals surface area contributed by atoms with Crippen molar-refractivity contribution in [3.63, 3.8) is 0 Å². The van der Waals surface area contributed by atoms with Crippen LogP contribution >= 0.6 is 23.6 Å². The van der Waals surface area contributed by atoms with E-state index in [1.54, 1.807) is 0 Å². The molecule has 0 aromatic carbocycles. The number of nitrogens with zero attached hydrogens (tertiary/aromatic N) is 1. The SMILES string of the molecule is CC(=O)NCCn1c(=S)[nH]c2ccsc2c1=O. The fraction of sp³-hybridized carbons (Fsp3) is 0.300. The summed E-state index contributed by atoms with van der Waals surface area (Å²) < 4.78 is 2.50. The summed E-state index contributed by atoms with van der Waals surface area (Å²) in [6.45, 7) is 2.21. The van der Waals surface area contributed by atoms with Crippen molar-refractivity contribution in [3.8, 4) is 0 Å². The minimum atomic E-state index is -0.120. The maximum Gasteiger partial charge on any atom is 0.272 e. The summed E-state index contributed by atoms with van der Waals surface area (Å²) in [5, 5.41) is 4.48. The Morgan fingerprint density at radius 1 is 1.65 bits per heavy atom. The number of fused-ring (bicyclic) bond motifs is 1. The van der Waals surface area contributed by atoms with Crippen molar-refractivity contribution in [3.05, 3.63) is 26.6 Å². The monoisotopic (exact) mass is 269 g/mol. The largest absolute Gasteiger partial charge is 0.355 e. The highest BCUT2D eigenvalue weighted by atomic mass is 32.1. The molecule has 0 atom stereocenters. The number of aromatic nitrogens is 2. The van der Waals surface area contributed by atoms with E-state index in [4.69, 9.17) is 12.2 Å². The smallest absolute Gasteiger partial charge is 0.272 e. The van der Waals surface area contributed by atoms with Gasteiger partial charge in [-0.3, -0.25) is 14.2 Å². The van der Waals surface area contributed by atoms with E-state index in [0.717, 1.165) is 5.52 Å². The molecule has 7 heteroatoms. The van der Waals surface area contributed by atoms with E-state index in [0.29, 0.717) is 22.6 Å². The standard InChI is InChI=1S/C10H11N3O2S2/c1-6(14)11-3-4-13-9(15)8-7(2-5-17-8)12-10(13)16/h2,5H,3-4H2,1H3,(H,11,14)(H,12,16). The predicted octanol–water partition coefficient (Wildman–Crippen LogP) is 1.26. The van der Waals surface area contributed by atoms with Crippen LogP contribution in [0.2, 0.25) is 0 Å². The summed E-state index contributed by atoms with van der Waals surface area (Å²) in [5.74, 6) is -0.120. The van der Waals surface area contributed by atoms with Gasteiger partial charge in [-0.1, -0.05) is 0 Å². The molecule has 0 fully saturated rings. The van der Waals surface area contributed by atoms with Gasteiger partial charge in [0.25, 0.3) is 5.56 Å². The molecule has 1 amide bonds. The first-order chi connectivity index (χ1) is 8.09. The molecule has 2 heterocycles. The molecular weight excluding hydrogens is 258 g/mol. The van der Waals surface area contributed by atoms with Crippen LogP contribution in [-0.2, 0) is 11.3 Å². The van der Waals surface area contributed by atoms with Gasteiger partial charge in [0.05, 0.1) is 5.52 Å². The van der Waals surface area contributed by atoms with Gasteiger partial charge in [-0.15, -0.1) is 11.3 Å². The Balaban J connectivity index is 2.36. The Morgan fingerprint density at radius 3 is 3.12 bits per heavy atom. The molecule has 2 rings (SSSR count). The lowest BCUT2D eigenvalue weighted by atomic mass is 10.4. The summed E-state index contributed by atoms with van der Waals surface area (Å²) in [7, 11) is 0. The second kappa shape index (κ2) is 4.80. The lowest BCUT2D eigenvalue weighted by Crippen LogP contribution is -2.30. The van der Waals surface area contributed by atoms with Crippen molar-refractivity contribution in [2.75, 3.05) is 6.54 Å². The van der Waals surface area contributed by atoms with E-state index in [1.165, 1.54) is 22.8 Å². The Labute approximate surface area is 106 Å². The van der Waals surface area contributed by atoms with Gasteiger partial charge in [0.15, 0.2) is 4.77 Å². The molecule has 0 aliphatic rings. The van der Waals surface area contributed by atoms with Crippen LogP contribution < -0.4 is 10.9 Å². The van der Waals surface area contributed by atoms with Crippen molar-refractivity contribution in [2.45, 2.75) is 13.5 Å². The minimum absolute atomic E-state index is 0.107. The first-order valence-electron chi connectivity index (χ1n) is 5.04. The molecule has 17 heavy (non-hydrogen) atoms. The highest BCUT2D eigenvalue weighted by molar-refractivity contribution is 7.71. The molecule has 0 aliphatic heterocycles. The molecular formula is C10H11N3O2S2. The number of carbonyl (C=O) groups is 1. The van der Waals surface area contributed by atoms with Gasteiger partial charge in [-0.05, 0) is 23.7 Å². The number of hydrogen-bond donors (Lipinski definition) is 2. The quantitative estimate of drug-likeness (QED) is 0.824. The summed E-state index contributed by atoms with van der Waals surface area (Å²) in [5.41, 5.74) is 0.657. The van der Waals surface area contributed by atoms with Crippen LogP contribution in [0.3, 0.4) is 0 Å². The Kier molecular flexibility index (Phi) is 3.39. The van der Waals surface area contributed by atoms with E-state index in [2.05, 4.69) is 10.3 Å². The average Bonchev–Trinajstić information content (AvgIpc) is 2.70. The Hall–Kier alpha value is -1.47. The number of amides is 1. The normalized spacial score (nSPS) is 10.6.